The average Bonchev–Trinajstić information content (AvgIpc) is 3.37. The summed E-state index contributed by atoms with van der Waals surface area (Å²) in [5.74, 6) is 0.934. The molecular formula is C20H35IN4OS. The molecule has 2 aliphatic rings. The number of rotatable bonds is 7. The first-order valence-corrected chi connectivity index (χ1v) is 11.0. The quantitative estimate of drug-likeness (QED) is 0.337. The van der Waals surface area contributed by atoms with Crippen molar-refractivity contribution in [3.8, 4) is 0 Å². The van der Waals surface area contributed by atoms with Crippen LogP contribution in [0, 0.1) is 0 Å². The third-order valence-electron chi connectivity index (χ3n) is 5.59. The van der Waals surface area contributed by atoms with Gasteiger partial charge >= 0.3 is 0 Å². The molecule has 154 valence electrons. The molecule has 0 spiro atoms. The standard InChI is InChI=1S/C20H34N4OS.HI/c1-3-17-7-8-18(26-17)15-22-19(21-4-2)23-16-20(9-13-25-14-10-20)24-11-5-6-12-24;/h7-8H,3-6,9-16H2,1-2H3,(H2,21,22,23);1H. The second-order valence-corrected chi connectivity index (χ2v) is 8.55. The van der Waals surface area contributed by atoms with E-state index < -0.39 is 0 Å². The third kappa shape index (κ3) is 6.30. The van der Waals surface area contributed by atoms with E-state index in [4.69, 9.17) is 9.73 Å². The monoisotopic (exact) mass is 506 g/mol. The number of ether oxygens (including phenoxy) is 1. The minimum Gasteiger partial charge on any atom is -0.381 e. The Morgan fingerprint density at radius 1 is 1.15 bits per heavy atom. The molecule has 0 saturated carbocycles. The van der Waals surface area contributed by atoms with Gasteiger partial charge in [0, 0.05) is 41.6 Å². The van der Waals surface area contributed by atoms with Crippen LogP contribution in [0.25, 0.3) is 0 Å². The number of likely N-dealkylation sites (tertiary alicyclic amines) is 1. The van der Waals surface area contributed by atoms with E-state index in [-0.39, 0.29) is 29.5 Å². The zero-order valence-corrected chi connectivity index (χ0v) is 19.9. The van der Waals surface area contributed by atoms with Crippen LogP contribution < -0.4 is 10.6 Å². The van der Waals surface area contributed by atoms with Crippen LogP contribution in [0.2, 0.25) is 0 Å². The van der Waals surface area contributed by atoms with Crippen LogP contribution in [0.15, 0.2) is 17.1 Å². The van der Waals surface area contributed by atoms with Gasteiger partial charge in [-0.25, -0.2) is 4.99 Å². The maximum atomic E-state index is 5.66. The van der Waals surface area contributed by atoms with E-state index in [2.05, 4.69) is 41.5 Å². The molecule has 1 aromatic rings. The maximum absolute atomic E-state index is 5.66. The largest absolute Gasteiger partial charge is 0.381 e. The van der Waals surface area contributed by atoms with Crippen LogP contribution in [0.1, 0.15) is 49.3 Å². The van der Waals surface area contributed by atoms with Crippen molar-refractivity contribution in [3.63, 3.8) is 0 Å². The van der Waals surface area contributed by atoms with E-state index in [1.165, 1.54) is 35.7 Å². The molecule has 0 unspecified atom stereocenters. The molecule has 1 aromatic heterocycles. The lowest BCUT2D eigenvalue weighted by atomic mass is 9.88. The summed E-state index contributed by atoms with van der Waals surface area (Å²) in [6.07, 6.45) is 5.99. The molecule has 2 N–H and O–H groups in total. The van der Waals surface area contributed by atoms with Crippen LogP contribution in [-0.4, -0.2) is 55.8 Å². The molecule has 0 amide bonds. The van der Waals surface area contributed by atoms with Gasteiger partial charge in [0.1, 0.15) is 0 Å². The molecule has 0 aliphatic carbocycles. The lowest BCUT2D eigenvalue weighted by molar-refractivity contribution is -0.0164. The number of thiophene rings is 1. The summed E-state index contributed by atoms with van der Waals surface area (Å²) < 4.78 is 5.66. The van der Waals surface area contributed by atoms with Crippen molar-refractivity contribution >= 4 is 41.3 Å². The summed E-state index contributed by atoms with van der Waals surface area (Å²) in [7, 11) is 0. The van der Waals surface area contributed by atoms with Crippen molar-refractivity contribution in [2.24, 2.45) is 4.99 Å². The van der Waals surface area contributed by atoms with Gasteiger partial charge in [-0.2, -0.15) is 0 Å². The molecule has 0 radical (unpaired) electrons. The first kappa shape index (κ1) is 22.9. The Kier molecular flexibility index (Phi) is 9.82. The molecule has 5 nitrogen and oxygen atoms in total. The maximum Gasteiger partial charge on any atom is 0.191 e. The number of nitrogens with one attached hydrogen (secondary N) is 2. The minimum absolute atomic E-state index is 0. The molecule has 0 bridgehead atoms. The number of aryl methyl sites for hydroxylation is 1. The molecule has 0 atom stereocenters. The zero-order chi connectivity index (χ0) is 18.2. The van der Waals surface area contributed by atoms with Crippen molar-refractivity contribution in [2.75, 3.05) is 39.4 Å². The summed E-state index contributed by atoms with van der Waals surface area (Å²) >= 11 is 1.87. The number of hydrogen-bond donors (Lipinski definition) is 2. The van der Waals surface area contributed by atoms with Gasteiger partial charge in [-0.3, -0.25) is 4.90 Å². The van der Waals surface area contributed by atoms with Crippen LogP contribution >= 0.6 is 35.3 Å². The normalized spacial score (nSPS) is 20.3. The molecule has 0 aromatic carbocycles. The predicted octanol–water partition coefficient (Wildman–Crippen LogP) is 3.63. The highest BCUT2D eigenvalue weighted by molar-refractivity contribution is 14.0. The fourth-order valence-corrected chi connectivity index (χ4v) is 4.87. The molecule has 2 fully saturated rings. The highest BCUT2D eigenvalue weighted by Crippen LogP contribution is 2.30. The van der Waals surface area contributed by atoms with Gasteiger partial charge in [-0.1, -0.05) is 6.92 Å². The number of nitrogens with zero attached hydrogens (tertiary/aromatic N) is 2. The summed E-state index contributed by atoms with van der Waals surface area (Å²) in [4.78, 5) is 10.3. The van der Waals surface area contributed by atoms with Crippen molar-refractivity contribution < 1.29 is 4.74 Å². The van der Waals surface area contributed by atoms with Crippen LogP contribution in [0.3, 0.4) is 0 Å². The van der Waals surface area contributed by atoms with Gasteiger partial charge < -0.3 is 15.4 Å². The fraction of sp³-hybridized carbons (Fsp3) is 0.750. The zero-order valence-electron chi connectivity index (χ0n) is 16.8. The average molecular weight is 506 g/mol. The Morgan fingerprint density at radius 2 is 1.85 bits per heavy atom. The van der Waals surface area contributed by atoms with E-state index >= 15 is 0 Å². The van der Waals surface area contributed by atoms with Crippen LogP contribution in [-0.2, 0) is 17.7 Å². The van der Waals surface area contributed by atoms with Gasteiger partial charge in [0.2, 0.25) is 0 Å². The van der Waals surface area contributed by atoms with E-state index in [9.17, 15) is 0 Å². The molecule has 2 saturated heterocycles. The Morgan fingerprint density at radius 3 is 2.48 bits per heavy atom. The Hall–Kier alpha value is -0.380. The number of aliphatic imine (C=N–C) groups is 1. The summed E-state index contributed by atoms with van der Waals surface area (Å²) in [6, 6.07) is 4.43. The third-order valence-corrected chi connectivity index (χ3v) is 6.80. The number of halogens is 1. The topological polar surface area (TPSA) is 48.9 Å². The van der Waals surface area contributed by atoms with E-state index in [0.29, 0.717) is 0 Å². The number of guanidine groups is 1. The lowest BCUT2D eigenvalue weighted by Gasteiger charge is -2.45. The van der Waals surface area contributed by atoms with Crippen molar-refractivity contribution in [1.82, 2.24) is 15.5 Å². The van der Waals surface area contributed by atoms with Gasteiger partial charge in [-0.15, -0.1) is 35.3 Å². The first-order chi connectivity index (χ1) is 12.8. The van der Waals surface area contributed by atoms with E-state index in [0.717, 1.165) is 58.1 Å². The van der Waals surface area contributed by atoms with Gasteiger partial charge in [-0.05, 0) is 64.3 Å². The Labute approximate surface area is 185 Å². The first-order valence-electron chi connectivity index (χ1n) is 10.2. The molecular weight excluding hydrogens is 471 g/mol. The molecule has 3 rings (SSSR count). The van der Waals surface area contributed by atoms with Crippen LogP contribution in [0.4, 0.5) is 0 Å². The smallest absolute Gasteiger partial charge is 0.191 e. The van der Waals surface area contributed by atoms with Crippen molar-refractivity contribution in [2.45, 2.75) is 58.0 Å². The summed E-state index contributed by atoms with van der Waals surface area (Å²) in [6.45, 7) is 11.1. The number of hydrogen-bond acceptors (Lipinski definition) is 4. The van der Waals surface area contributed by atoms with Crippen LogP contribution in [0.5, 0.6) is 0 Å². The summed E-state index contributed by atoms with van der Waals surface area (Å²) in [5.41, 5.74) is 0.225. The molecule has 27 heavy (non-hydrogen) atoms. The van der Waals surface area contributed by atoms with Crippen molar-refractivity contribution in [1.29, 1.82) is 0 Å². The summed E-state index contributed by atoms with van der Waals surface area (Å²) in [5, 5.41) is 7.06. The van der Waals surface area contributed by atoms with Gasteiger partial charge in [0.05, 0.1) is 6.54 Å². The molecule has 2 aliphatic heterocycles. The fourth-order valence-electron chi connectivity index (χ4n) is 3.99. The second kappa shape index (κ2) is 11.6. The van der Waals surface area contributed by atoms with Gasteiger partial charge in [0.25, 0.3) is 0 Å². The Balaban J connectivity index is 0.00000261. The highest BCUT2D eigenvalue weighted by atomic mass is 127. The lowest BCUT2D eigenvalue weighted by Crippen LogP contribution is -2.58. The van der Waals surface area contributed by atoms with E-state index in [1.807, 2.05) is 11.3 Å². The second-order valence-electron chi connectivity index (χ2n) is 7.30. The van der Waals surface area contributed by atoms with E-state index in [1.54, 1.807) is 0 Å². The molecule has 3 heterocycles. The SMILES string of the molecule is CCNC(=NCc1ccc(CC)s1)NCC1(N2CCCC2)CCOCC1.I. The predicted molar refractivity (Wildman–Crippen MR) is 126 cm³/mol. The molecule has 7 heteroatoms. The Bertz CT molecular complexity index is 580. The van der Waals surface area contributed by atoms with Gasteiger partial charge in [0.15, 0.2) is 5.96 Å². The highest BCUT2D eigenvalue weighted by Gasteiger charge is 2.39. The minimum atomic E-state index is 0. The van der Waals surface area contributed by atoms with Crippen molar-refractivity contribution in [3.05, 3.63) is 21.9 Å².